The summed E-state index contributed by atoms with van der Waals surface area (Å²) in [6.07, 6.45) is 0. The van der Waals surface area contributed by atoms with E-state index in [1.54, 1.807) is 12.1 Å². The van der Waals surface area contributed by atoms with E-state index in [1.165, 1.54) is 4.31 Å². The van der Waals surface area contributed by atoms with Gasteiger partial charge in [-0.05, 0) is 44.5 Å². The van der Waals surface area contributed by atoms with Crippen LogP contribution in [-0.2, 0) is 10.0 Å². The molecular formula is C18H21NO2S. The second-order valence-corrected chi connectivity index (χ2v) is 7.43. The lowest BCUT2D eigenvalue weighted by Crippen LogP contribution is -2.33. The molecule has 0 spiro atoms. The molecule has 0 unspecified atom stereocenters. The van der Waals surface area contributed by atoms with Gasteiger partial charge in [0.25, 0.3) is 10.0 Å². The Bertz CT molecular complexity index is 777. The van der Waals surface area contributed by atoms with Crippen molar-refractivity contribution in [1.29, 1.82) is 0 Å². The number of benzene rings is 2. The summed E-state index contributed by atoms with van der Waals surface area (Å²) in [7, 11) is -3.62. The first-order valence-corrected chi connectivity index (χ1v) is 8.56. The zero-order chi connectivity index (χ0) is 16.3. The maximum absolute atomic E-state index is 13.0. The van der Waals surface area contributed by atoms with Gasteiger partial charge in [0.1, 0.15) is 0 Å². The van der Waals surface area contributed by atoms with E-state index in [2.05, 4.69) is 6.58 Å². The minimum absolute atomic E-state index is 0.265. The zero-order valence-corrected chi connectivity index (χ0v) is 14.0. The highest BCUT2D eigenvalue weighted by Crippen LogP contribution is 2.27. The number of rotatable bonds is 5. The molecule has 0 atom stereocenters. The third kappa shape index (κ3) is 3.39. The molecule has 0 bridgehead atoms. The van der Waals surface area contributed by atoms with Crippen molar-refractivity contribution in [2.75, 3.05) is 10.8 Å². The van der Waals surface area contributed by atoms with Crippen molar-refractivity contribution in [2.24, 2.45) is 0 Å². The maximum Gasteiger partial charge on any atom is 0.264 e. The Morgan fingerprint density at radius 2 is 1.64 bits per heavy atom. The third-order valence-corrected chi connectivity index (χ3v) is 5.18. The summed E-state index contributed by atoms with van der Waals surface area (Å²) in [4.78, 5) is 0.294. The second kappa shape index (κ2) is 6.36. The van der Waals surface area contributed by atoms with Crippen molar-refractivity contribution in [3.05, 3.63) is 71.8 Å². The molecule has 116 valence electrons. The maximum atomic E-state index is 13.0. The zero-order valence-electron chi connectivity index (χ0n) is 13.2. The van der Waals surface area contributed by atoms with Gasteiger partial charge in [-0.15, -0.1) is 0 Å². The van der Waals surface area contributed by atoms with Crippen molar-refractivity contribution in [3.8, 4) is 0 Å². The van der Waals surface area contributed by atoms with Gasteiger partial charge in [-0.25, -0.2) is 8.42 Å². The number of hydrogen-bond acceptors (Lipinski definition) is 2. The minimum atomic E-state index is -3.62. The van der Waals surface area contributed by atoms with Crippen LogP contribution in [0.2, 0.25) is 0 Å². The normalized spacial score (nSPS) is 11.2. The molecule has 4 heteroatoms. The van der Waals surface area contributed by atoms with Crippen molar-refractivity contribution >= 4 is 15.7 Å². The van der Waals surface area contributed by atoms with E-state index in [0.717, 1.165) is 16.7 Å². The molecule has 2 aromatic rings. The van der Waals surface area contributed by atoms with Crippen LogP contribution in [0.1, 0.15) is 18.1 Å². The van der Waals surface area contributed by atoms with Crippen molar-refractivity contribution < 1.29 is 8.42 Å². The van der Waals surface area contributed by atoms with Crippen LogP contribution >= 0.6 is 0 Å². The Balaban J connectivity index is 2.56. The standard InChI is InChI=1S/C18H21NO2S/c1-14(2)13-19(18-8-6-5-7-16(18)4)22(20,21)17-11-9-15(3)10-12-17/h5-12H,1,13H2,2-4H3. The average molecular weight is 315 g/mol. The van der Waals surface area contributed by atoms with Crippen molar-refractivity contribution in [2.45, 2.75) is 25.7 Å². The number of para-hydroxylation sites is 1. The van der Waals surface area contributed by atoms with E-state index < -0.39 is 10.0 Å². The van der Waals surface area contributed by atoms with Gasteiger partial charge in [0.15, 0.2) is 0 Å². The fraction of sp³-hybridized carbons (Fsp3) is 0.222. The summed E-state index contributed by atoms with van der Waals surface area (Å²) in [6, 6.07) is 14.4. The summed E-state index contributed by atoms with van der Waals surface area (Å²) in [5, 5.41) is 0. The van der Waals surface area contributed by atoms with Gasteiger partial charge in [0.05, 0.1) is 17.1 Å². The van der Waals surface area contributed by atoms with Crippen LogP contribution in [0, 0.1) is 13.8 Å². The van der Waals surface area contributed by atoms with E-state index in [0.29, 0.717) is 10.6 Å². The smallest absolute Gasteiger partial charge is 0.262 e. The molecule has 0 aliphatic heterocycles. The molecular weight excluding hydrogens is 294 g/mol. The molecule has 0 fully saturated rings. The first-order chi connectivity index (χ1) is 10.3. The van der Waals surface area contributed by atoms with Crippen LogP contribution in [-0.4, -0.2) is 15.0 Å². The van der Waals surface area contributed by atoms with Gasteiger partial charge in [-0.2, -0.15) is 0 Å². The van der Waals surface area contributed by atoms with Crippen LogP contribution in [0.4, 0.5) is 5.69 Å². The Kier molecular flexibility index (Phi) is 4.71. The van der Waals surface area contributed by atoms with Crippen molar-refractivity contribution in [3.63, 3.8) is 0 Å². The Morgan fingerprint density at radius 1 is 1.05 bits per heavy atom. The number of nitrogens with zero attached hydrogens (tertiary/aromatic N) is 1. The summed E-state index contributed by atoms with van der Waals surface area (Å²) in [6.45, 7) is 9.80. The largest absolute Gasteiger partial charge is 0.264 e. The van der Waals surface area contributed by atoms with Gasteiger partial charge in [0, 0.05) is 0 Å². The number of sulfonamides is 1. The highest BCUT2D eigenvalue weighted by atomic mass is 32.2. The van der Waals surface area contributed by atoms with E-state index in [9.17, 15) is 8.42 Å². The van der Waals surface area contributed by atoms with E-state index in [-0.39, 0.29) is 6.54 Å². The fourth-order valence-corrected chi connectivity index (χ4v) is 3.81. The molecule has 2 rings (SSSR count). The van der Waals surface area contributed by atoms with Gasteiger partial charge in [0.2, 0.25) is 0 Å². The lowest BCUT2D eigenvalue weighted by Gasteiger charge is -2.26. The minimum Gasteiger partial charge on any atom is -0.262 e. The van der Waals surface area contributed by atoms with Gasteiger partial charge in [-0.3, -0.25) is 4.31 Å². The van der Waals surface area contributed by atoms with Crippen LogP contribution in [0.25, 0.3) is 0 Å². The Morgan fingerprint density at radius 3 is 2.18 bits per heavy atom. The molecule has 0 saturated heterocycles. The highest BCUT2D eigenvalue weighted by Gasteiger charge is 2.25. The second-order valence-electron chi connectivity index (χ2n) is 5.57. The SMILES string of the molecule is C=C(C)CN(c1ccccc1C)S(=O)(=O)c1ccc(C)cc1. The highest BCUT2D eigenvalue weighted by molar-refractivity contribution is 7.92. The van der Waals surface area contributed by atoms with Crippen LogP contribution in [0.5, 0.6) is 0 Å². The molecule has 0 aliphatic rings. The van der Waals surface area contributed by atoms with Gasteiger partial charge in [-0.1, -0.05) is 48.0 Å². The first-order valence-electron chi connectivity index (χ1n) is 7.12. The fourth-order valence-electron chi connectivity index (χ4n) is 2.23. The molecule has 0 aliphatic carbocycles. The van der Waals surface area contributed by atoms with Crippen LogP contribution in [0.3, 0.4) is 0 Å². The average Bonchev–Trinajstić information content (AvgIpc) is 2.46. The molecule has 0 N–H and O–H groups in total. The summed E-state index contributed by atoms with van der Waals surface area (Å²) >= 11 is 0. The number of hydrogen-bond donors (Lipinski definition) is 0. The molecule has 0 aromatic heterocycles. The van der Waals surface area contributed by atoms with Crippen LogP contribution < -0.4 is 4.31 Å². The lowest BCUT2D eigenvalue weighted by molar-refractivity contribution is 0.592. The van der Waals surface area contributed by atoms with Gasteiger partial charge >= 0.3 is 0 Å². The predicted molar refractivity (Wildman–Crippen MR) is 91.7 cm³/mol. The molecule has 3 nitrogen and oxygen atoms in total. The number of aryl methyl sites for hydroxylation is 2. The Hall–Kier alpha value is -2.07. The van der Waals surface area contributed by atoms with E-state index in [4.69, 9.17) is 0 Å². The third-order valence-electron chi connectivity index (χ3n) is 3.41. The molecule has 22 heavy (non-hydrogen) atoms. The summed E-state index contributed by atoms with van der Waals surface area (Å²) < 4.78 is 27.5. The molecule has 0 heterocycles. The summed E-state index contributed by atoms with van der Waals surface area (Å²) in [5.74, 6) is 0. The number of anilines is 1. The topological polar surface area (TPSA) is 37.4 Å². The predicted octanol–water partition coefficient (Wildman–Crippen LogP) is 4.07. The molecule has 0 amide bonds. The summed E-state index contributed by atoms with van der Waals surface area (Å²) in [5.41, 5.74) is 3.42. The molecule has 0 radical (unpaired) electrons. The van der Waals surface area contributed by atoms with Crippen LogP contribution in [0.15, 0.2) is 65.6 Å². The Labute approximate surface area is 133 Å². The lowest BCUT2D eigenvalue weighted by atomic mass is 10.2. The molecule has 2 aromatic carbocycles. The quantitative estimate of drug-likeness (QED) is 0.780. The monoisotopic (exact) mass is 315 g/mol. The van der Waals surface area contributed by atoms with E-state index >= 15 is 0 Å². The first kappa shape index (κ1) is 16.3. The van der Waals surface area contributed by atoms with Gasteiger partial charge < -0.3 is 0 Å². The van der Waals surface area contributed by atoms with E-state index in [1.807, 2.05) is 57.2 Å². The van der Waals surface area contributed by atoms with Crippen molar-refractivity contribution in [1.82, 2.24) is 0 Å². The molecule has 0 saturated carbocycles.